The molecule has 2 aromatic carbocycles. The van der Waals surface area contributed by atoms with Gasteiger partial charge in [0.2, 0.25) is 11.8 Å². The van der Waals surface area contributed by atoms with Gasteiger partial charge in [-0.2, -0.15) is 0 Å². The fourth-order valence-corrected chi connectivity index (χ4v) is 2.98. The summed E-state index contributed by atoms with van der Waals surface area (Å²) in [5.74, 6) is 0.306. The molecule has 1 aromatic heterocycles. The third-order valence-corrected chi connectivity index (χ3v) is 4.62. The van der Waals surface area contributed by atoms with Crippen molar-refractivity contribution in [2.24, 2.45) is 5.73 Å². The lowest BCUT2D eigenvalue weighted by molar-refractivity contribution is 0.0999. The summed E-state index contributed by atoms with van der Waals surface area (Å²) in [6, 6.07) is 12.4. The van der Waals surface area contributed by atoms with E-state index in [9.17, 15) is 9.90 Å². The Hall–Kier alpha value is -2.96. The van der Waals surface area contributed by atoms with E-state index in [-0.39, 0.29) is 12.5 Å². The zero-order chi connectivity index (χ0) is 20.1. The van der Waals surface area contributed by atoms with Crippen LogP contribution in [0.1, 0.15) is 39.9 Å². The van der Waals surface area contributed by atoms with Crippen molar-refractivity contribution in [2.75, 3.05) is 6.61 Å². The number of benzene rings is 2. The van der Waals surface area contributed by atoms with Crippen molar-refractivity contribution in [1.82, 2.24) is 9.97 Å². The Morgan fingerprint density at radius 2 is 2.07 bits per heavy atom. The molecule has 0 bridgehead atoms. The number of carbonyl (C=O) groups is 1. The van der Waals surface area contributed by atoms with E-state index in [1.165, 1.54) is 6.33 Å². The van der Waals surface area contributed by atoms with Crippen molar-refractivity contribution in [3.05, 3.63) is 82.3 Å². The van der Waals surface area contributed by atoms with E-state index >= 15 is 0 Å². The topological polar surface area (TPSA) is 98.3 Å². The van der Waals surface area contributed by atoms with Gasteiger partial charge in [0.25, 0.3) is 0 Å². The number of aromatic nitrogens is 2. The molecule has 0 saturated heterocycles. The van der Waals surface area contributed by atoms with E-state index in [0.717, 1.165) is 11.1 Å². The van der Waals surface area contributed by atoms with Gasteiger partial charge in [0.1, 0.15) is 12.1 Å². The number of aliphatic hydroxyl groups is 1. The third-order valence-electron chi connectivity index (χ3n) is 4.38. The van der Waals surface area contributed by atoms with Crippen LogP contribution in [0.15, 0.2) is 55.0 Å². The highest BCUT2D eigenvalue weighted by Gasteiger charge is 2.15. The monoisotopic (exact) mass is 397 g/mol. The molecule has 3 N–H and O–H groups in total. The molecule has 0 aliphatic carbocycles. The van der Waals surface area contributed by atoms with E-state index in [2.05, 4.69) is 9.97 Å². The van der Waals surface area contributed by atoms with Crippen LogP contribution in [0.2, 0.25) is 5.02 Å². The molecule has 6 nitrogen and oxygen atoms in total. The van der Waals surface area contributed by atoms with Gasteiger partial charge in [0, 0.05) is 41.3 Å². The average molecular weight is 398 g/mol. The largest absolute Gasteiger partial charge is 0.439 e. The maximum absolute atomic E-state index is 12.0. The molecular weight excluding hydrogens is 378 g/mol. The minimum Gasteiger partial charge on any atom is -0.439 e. The fourth-order valence-electron chi connectivity index (χ4n) is 2.80. The molecule has 3 rings (SSSR count). The van der Waals surface area contributed by atoms with Crippen molar-refractivity contribution in [2.45, 2.75) is 19.3 Å². The highest BCUT2D eigenvalue weighted by Crippen LogP contribution is 2.28. The smallest absolute Gasteiger partial charge is 0.248 e. The second-order valence-electron chi connectivity index (χ2n) is 6.45. The molecule has 0 saturated carbocycles. The fraction of sp³-hybridized carbons (Fsp3) is 0.190. The van der Waals surface area contributed by atoms with Crippen LogP contribution in [0.3, 0.4) is 0 Å². The van der Waals surface area contributed by atoms with Crippen LogP contribution in [0.4, 0.5) is 0 Å². The zero-order valence-electron chi connectivity index (χ0n) is 15.3. The zero-order valence-corrected chi connectivity index (χ0v) is 16.1. The highest BCUT2D eigenvalue weighted by atomic mass is 35.5. The summed E-state index contributed by atoms with van der Waals surface area (Å²) in [5, 5.41) is 9.91. The van der Waals surface area contributed by atoms with E-state index in [1.807, 2.05) is 19.1 Å². The predicted octanol–water partition coefficient (Wildman–Crippen LogP) is 3.71. The number of rotatable bonds is 7. The number of halogens is 1. The van der Waals surface area contributed by atoms with Gasteiger partial charge >= 0.3 is 0 Å². The number of nitrogens with zero attached hydrogens (tertiary/aromatic N) is 2. The summed E-state index contributed by atoms with van der Waals surface area (Å²) < 4.78 is 5.86. The Labute approximate surface area is 168 Å². The summed E-state index contributed by atoms with van der Waals surface area (Å²) in [7, 11) is 0. The molecule has 144 valence electrons. The Bertz CT molecular complexity index is 994. The Morgan fingerprint density at radius 3 is 2.79 bits per heavy atom. The standard InChI is InChI=1S/C21H20ClN3O3/c1-13(11-26)14-5-6-15(19(8-14)20(23)27)7-16-10-24-12-25-21(16)28-18-4-2-3-17(22)9-18/h2-6,8-10,12-13,26H,7,11H2,1H3,(H2,23,27). The summed E-state index contributed by atoms with van der Waals surface area (Å²) in [5.41, 5.74) is 8.25. The number of ether oxygens (including phenoxy) is 1. The first-order valence-electron chi connectivity index (χ1n) is 8.73. The van der Waals surface area contributed by atoms with E-state index < -0.39 is 5.91 Å². The van der Waals surface area contributed by atoms with Crippen LogP contribution in [0, 0.1) is 0 Å². The second-order valence-corrected chi connectivity index (χ2v) is 6.89. The number of nitrogens with two attached hydrogens (primary N) is 1. The van der Waals surface area contributed by atoms with E-state index in [4.69, 9.17) is 22.1 Å². The van der Waals surface area contributed by atoms with Gasteiger partial charge in [0.15, 0.2) is 0 Å². The van der Waals surface area contributed by atoms with Gasteiger partial charge in [-0.3, -0.25) is 4.79 Å². The Balaban J connectivity index is 1.93. The van der Waals surface area contributed by atoms with E-state index in [0.29, 0.717) is 34.2 Å². The lowest BCUT2D eigenvalue weighted by Crippen LogP contribution is -2.15. The molecule has 3 aromatic rings. The Morgan fingerprint density at radius 1 is 1.25 bits per heavy atom. The summed E-state index contributed by atoms with van der Waals surface area (Å²) in [6.45, 7) is 1.86. The normalized spacial score (nSPS) is 11.8. The molecule has 0 spiro atoms. The Kier molecular flexibility index (Phi) is 6.23. The molecule has 1 unspecified atom stereocenters. The summed E-state index contributed by atoms with van der Waals surface area (Å²) >= 11 is 6.01. The molecule has 0 aliphatic rings. The van der Waals surface area contributed by atoms with Crippen molar-refractivity contribution >= 4 is 17.5 Å². The van der Waals surface area contributed by atoms with Gasteiger partial charge in [-0.1, -0.05) is 36.7 Å². The van der Waals surface area contributed by atoms with Crippen LogP contribution in [0.5, 0.6) is 11.6 Å². The second kappa shape index (κ2) is 8.82. The van der Waals surface area contributed by atoms with Gasteiger partial charge < -0.3 is 15.6 Å². The third kappa shape index (κ3) is 4.65. The van der Waals surface area contributed by atoms with Gasteiger partial charge in [0.05, 0.1) is 0 Å². The van der Waals surface area contributed by atoms with Crippen LogP contribution >= 0.6 is 11.6 Å². The van der Waals surface area contributed by atoms with Crippen molar-refractivity contribution in [1.29, 1.82) is 0 Å². The lowest BCUT2D eigenvalue weighted by Gasteiger charge is -2.14. The van der Waals surface area contributed by atoms with Crippen LogP contribution < -0.4 is 10.5 Å². The lowest BCUT2D eigenvalue weighted by atomic mass is 9.93. The first-order valence-corrected chi connectivity index (χ1v) is 9.11. The summed E-state index contributed by atoms with van der Waals surface area (Å²) in [6.07, 6.45) is 3.40. The number of primary amides is 1. The molecule has 1 heterocycles. The quantitative estimate of drug-likeness (QED) is 0.633. The van der Waals surface area contributed by atoms with Gasteiger partial charge in [-0.15, -0.1) is 0 Å². The average Bonchev–Trinajstić information content (AvgIpc) is 2.69. The van der Waals surface area contributed by atoms with Gasteiger partial charge in [-0.05, 0) is 35.4 Å². The molecule has 7 heteroatoms. The van der Waals surface area contributed by atoms with Gasteiger partial charge in [-0.25, -0.2) is 9.97 Å². The SMILES string of the molecule is CC(CO)c1ccc(Cc2cncnc2Oc2cccc(Cl)c2)c(C(N)=O)c1. The van der Waals surface area contributed by atoms with Crippen LogP contribution in [-0.2, 0) is 6.42 Å². The van der Waals surface area contributed by atoms with Crippen LogP contribution in [0.25, 0.3) is 0 Å². The molecular formula is C21H20ClN3O3. The number of carbonyl (C=O) groups excluding carboxylic acids is 1. The highest BCUT2D eigenvalue weighted by molar-refractivity contribution is 6.30. The molecule has 28 heavy (non-hydrogen) atoms. The van der Waals surface area contributed by atoms with Crippen molar-refractivity contribution in [3.63, 3.8) is 0 Å². The number of aliphatic hydroxyl groups excluding tert-OH is 1. The minimum atomic E-state index is -0.531. The minimum absolute atomic E-state index is 0.0122. The van der Waals surface area contributed by atoms with Crippen LogP contribution in [-0.4, -0.2) is 27.6 Å². The molecule has 0 aliphatic heterocycles. The number of hydrogen-bond donors (Lipinski definition) is 2. The maximum atomic E-state index is 12.0. The van der Waals surface area contributed by atoms with E-state index in [1.54, 1.807) is 36.5 Å². The maximum Gasteiger partial charge on any atom is 0.248 e. The van der Waals surface area contributed by atoms with Crippen molar-refractivity contribution in [3.8, 4) is 11.6 Å². The summed E-state index contributed by atoms with van der Waals surface area (Å²) in [4.78, 5) is 20.2. The van der Waals surface area contributed by atoms with Crippen molar-refractivity contribution < 1.29 is 14.6 Å². The number of hydrogen-bond acceptors (Lipinski definition) is 5. The molecule has 1 atom stereocenters. The first kappa shape index (κ1) is 19.8. The molecule has 1 amide bonds. The predicted molar refractivity (Wildman–Crippen MR) is 107 cm³/mol. The molecule has 0 fully saturated rings. The first-order chi connectivity index (χ1) is 13.5. The number of amides is 1. The molecule has 0 radical (unpaired) electrons.